The fourth-order valence-corrected chi connectivity index (χ4v) is 3.44. The number of alkyl halides is 1. The molecule has 0 aromatic rings. The average Bonchev–Trinajstić information content (AvgIpc) is 2.23. The van der Waals surface area contributed by atoms with E-state index in [-0.39, 0.29) is 0 Å². The standard InChI is InChI=1S/C13H24BrN/c14-9-10-15(11-12-5-4-6-12)13-7-2-1-3-8-13/h12-13H,1-11H2. The molecule has 0 heterocycles. The number of rotatable bonds is 5. The van der Waals surface area contributed by atoms with Crippen LogP contribution in [0.25, 0.3) is 0 Å². The van der Waals surface area contributed by atoms with Crippen LogP contribution < -0.4 is 0 Å². The molecule has 0 spiro atoms. The molecular formula is C13H24BrN. The van der Waals surface area contributed by atoms with Gasteiger partial charge in [-0.3, -0.25) is 4.90 Å². The van der Waals surface area contributed by atoms with Crippen LogP contribution in [-0.4, -0.2) is 29.4 Å². The Morgan fingerprint density at radius 1 is 0.933 bits per heavy atom. The van der Waals surface area contributed by atoms with Crippen molar-refractivity contribution in [2.24, 2.45) is 5.92 Å². The summed E-state index contributed by atoms with van der Waals surface area (Å²) in [5.41, 5.74) is 0. The Labute approximate surface area is 103 Å². The van der Waals surface area contributed by atoms with Crippen LogP contribution in [-0.2, 0) is 0 Å². The van der Waals surface area contributed by atoms with Gasteiger partial charge in [0.05, 0.1) is 0 Å². The Kier molecular flexibility index (Phi) is 4.96. The van der Waals surface area contributed by atoms with Gasteiger partial charge in [0, 0.05) is 24.5 Å². The highest BCUT2D eigenvalue weighted by Crippen LogP contribution is 2.30. The molecule has 2 rings (SSSR count). The van der Waals surface area contributed by atoms with Crippen molar-refractivity contribution < 1.29 is 0 Å². The molecule has 0 aliphatic heterocycles. The molecule has 15 heavy (non-hydrogen) atoms. The van der Waals surface area contributed by atoms with E-state index in [0.29, 0.717) is 0 Å². The summed E-state index contributed by atoms with van der Waals surface area (Å²) in [5, 5.41) is 1.15. The van der Waals surface area contributed by atoms with Gasteiger partial charge in [0.2, 0.25) is 0 Å². The summed E-state index contributed by atoms with van der Waals surface area (Å²) < 4.78 is 0. The lowest BCUT2D eigenvalue weighted by Gasteiger charge is -2.38. The van der Waals surface area contributed by atoms with Crippen LogP contribution in [0.15, 0.2) is 0 Å². The summed E-state index contributed by atoms with van der Waals surface area (Å²) >= 11 is 3.60. The van der Waals surface area contributed by atoms with Crippen molar-refractivity contribution in [3.05, 3.63) is 0 Å². The summed E-state index contributed by atoms with van der Waals surface area (Å²) in [6.07, 6.45) is 11.8. The Balaban J connectivity index is 1.79. The topological polar surface area (TPSA) is 3.24 Å². The molecule has 0 atom stereocenters. The zero-order chi connectivity index (χ0) is 10.5. The predicted octanol–water partition coefficient (Wildman–Crippen LogP) is 3.82. The van der Waals surface area contributed by atoms with Crippen LogP contribution in [0.3, 0.4) is 0 Å². The molecule has 2 aliphatic rings. The second-order valence-electron chi connectivity index (χ2n) is 5.27. The van der Waals surface area contributed by atoms with E-state index in [4.69, 9.17) is 0 Å². The first-order valence-electron chi connectivity index (χ1n) is 6.70. The molecule has 2 fully saturated rings. The van der Waals surface area contributed by atoms with Crippen molar-refractivity contribution in [3.63, 3.8) is 0 Å². The fourth-order valence-electron chi connectivity index (χ4n) is 2.98. The first kappa shape index (κ1) is 11.9. The second kappa shape index (κ2) is 6.24. The van der Waals surface area contributed by atoms with Gasteiger partial charge in [0.15, 0.2) is 0 Å². The van der Waals surface area contributed by atoms with Crippen LogP contribution in [0.1, 0.15) is 51.4 Å². The average molecular weight is 274 g/mol. The summed E-state index contributed by atoms with van der Waals surface area (Å²) in [7, 11) is 0. The molecule has 2 aliphatic carbocycles. The highest BCUT2D eigenvalue weighted by atomic mass is 79.9. The SMILES string of the molecule is BrCCN(CC1CCC1)C1CCCCC1. The lowest BCUT2D eigenvalue weighted by molar-refractivity contribution is 0.115. The van der Waals surface area contributed by atoms with Gasteiger partial charge in [-0.15, -0.1) is 0 Å². The highest BCUT2D eigenvalue weighted by molar-refractivity contribution is 9.09. The lowest BCUT2D eigenvalue weighted by Crippen LogP contribution is -2.42. The molecule has 0 aromatic carbocycles. The van der Waals surface area contributed by atoms with Crippen molar-refractivity contribution in [1.29, 1.82) is 0 Å². The predicted molar refractivity (Wildman–Crippen MR) is 69.6 cm³/mol. The third-order valence-corrected chi connectivity index (χ3v) is 4.53. The molecule has 0 amide bonds. The molecule has 88 valence electrons. The maximum atomic E-state index is 3.60. The van der Waals surface area contributed by atoms with E-state index >= 15 is 0 Å². The Bertz CT molecular complexity index is 173. The second-order valence-corrected chi connectivity index (χ2v) is 6.07. The Morgan fingerprint density at radius 2 is 1.67 bits per heavy atom. The van der Waals surface area contributed by atoms with Gasteiger partial charge in [0.25, 0.3) is 0 Å². The largest absolute Gasteiger partial charge is 0.299 e. The van der Waals surface area contributed by atoms with E-state index in [1.165, 1.54) is 64.5 Å². The number of halogens is 1. The van der Waals surface area contributed by atoms with Gasteiger partial charge in [-0.05, 0) is 31.6 Å². The molecule has 0 unspecified atom stereocenters. The van der Waals surface area contributed by atoms with Gasteiger partial charge < -0.3 is 0 Å². The molecular weight excluding hydrogens is 250 g/mol. The van der Waals surface area contributed by atoms with E-state index in [9.17, 15) is 0 Å². The van der Waals surface area contributed by atoms with Gasteiger partial charge in [0.1, 0.15) is 0 Å². The van der Waals surface area contributed by atoms with E-state index in [1.807, 2.05) is 0 Å². The summed E-state index contributed by atoms with van der Waals surface area (Å²) in [6.45, 7) is 2.65. The molecule has 0 bridgehead atoms. The van der Waals surface area contributed by atoms with Crippen LogP contribution >= 0.6 is 15.9 Å². The third kappa shape index (κ3) is 3.45. The lowest BCUT2D eigenvalue weighted by atomic mass is 9.84. The van der Waals surface area contributed by atoms with E-state index < -0.39 is 0 Å². The van der Waals surface area contributed by atoms with Crippen molar-refractivity contribution in [2.45, 2.75) is 57.4 Å². The molecule has 2 saturated carbocycles. The van der Waals surface area contributed by atoms with Crippen molar-refractivity contribution in [2.75, 3.05) is 18.4 Å². The van der Waals surface area contributed by atoms with Gasteiger partial charge in [-0.2, -0.15) is 0 Å². The zero-order valence-corrected chi connectivity index (χ0v) is 11.3. The minimum Gasteiger partial charge on any atom is -0.299 e. The molecule has 0 aromatic heterocycles. The van der Waals surface area contributed by atoms with E-state index in [2.05, 4.69) is 20.8 Å². The molecule has 0 saturated heterocycles. The number of hydrogen-bond donors (Lipinski definition) is 0. The fraction of sp³-hybridized carbons (Fsp3) is 1.00. The summed E-state index contributed by atoms with van der Waals surface area (Å²) in [5.74, 6) is 1.03. The third-order valence-electron chi connectivity index (χ3n) is 4.18. The van der Waals surface area contributed by atoms with Gasteiger partial charge in [-0.1, -0.05) is 41.6 Å². The highest BCUT2D eigenvalue weighted by Gasteiger charge is 2.25. The maximum Gasteiger partial charge on any atom is 0.0159 e. The first-order valence-corrected chi connectivity index (χ1v) is 7.82. The smallest absolute Gasteiger partial charge is 0.0159 e. The Morgan fingerprint density at radius 3 is 2.20 bits per heavy atom. The Hall–Kier alpha value is 0.440. The number of hydrogen-bond acceptors (Lipinski definition) is 1. The summed E-state index contributed by atoms with van der Waals surface area (Å²) in [4.78, 5) is 2.78. The minimum atomic E-state index is 0.914. The maximum absolute atomic E-state index is 3.60. The van der Waals surface area contributed by atoms with Gasteiger partial charge >= 0.3 is 0 Å². The molecule has 0 radical (unpaired) electrons. The normalized spacial score (nSPS) is 24.4. The van der Waals surface area contributed by atoms with E-state index in [0.717, 1.165) is 17.3 Å². The molecule has 2 heteroatoms. The monoisotopic (exact) mass is 273 g/mol. The minimum absolute atomic E-state index is 0.914. The summed E-state index contributed by atoms with van der Waals surface area (Å²) in [6, 6.07) is 0.914. The van der Waals surface area contributed by atoms with Crippen molar-refractivity contribution in [3.8, 4) is 0 Å². The zero-order valence-electron chi connectivity index (χ0n) is 9.76. The van der Waals surface area contributed by atoms with Crippen molar-refractivity contribution in [1.82, 2.24) is 4.90 Å². The van der Waals surface area contributed by atoms with Crippen LogP contribution in [0, 0.1) is 5.92 Å². The van der Waals surface area contributed by atoms with Crippen LogP contribution in [0.4, 0.5) is 0 Å². The van der Waals surface area contributed by atoms with Gasteiger partial charge in [-0.25, -0.2) is 0 Å². The molecule has 1 nitrogen and oxygen atoms in total. The molecule has 0 N–H and O–H groups in total. The van der Waals surface area contributed by atoms with Crippen molar-refractivity contribution >= 4 is 15.9 Å². The van der Waals surface area contributed by atoms with Crippen LogP contribution in [0.2, 0.25) is 0 Å². The van der Waals surface area contributed by atoms with Crippen LogP contribution in [0.5, 0.6) is 0 Å². The first-order chi connectivity index (χ1) is 7.40. The number of nitrogens with zero attached hydrogens (tertiary/aromatic N) is 1. The van der Waals surface area contributed by atoms with E-state index in [1.54, 1.807) is 0 Å². The quantitative estimate of drug-likeness (QED) is 0.689.